The maximum atomic E-state index is 12.7. The van der Waals surface area contributed by atoms with Gasteiger partial charge in [-0.15, -0.1) is 0 Å². The molecule has 0 aliphatic heterocycles. The van der Waals surface area contributed by atoms with Crippen LogP contribution in [-0.4, -0.2) is 11.0 Å². The first-order valence-corrected chi connectivity index (χ1v) is 9.48. The molecule has 144 valence electrons. The molecule has 0 aliphatic carbocycles. The number of amides is 1. The summed E-state index contributed by atoms with van der Waals surface area (Å²) in [5, 5.41) is 12.4. The maximum absolute atomic E-state index is 12.7. The second-order valence-electron chi connectivity index (χ2n) is 6.52. The van der Waals surface area contributed by atoms with Gasteiger partial charge in [0.2, 0.25) is 0 Å². The van der Waals surface area contributed by atoms with E-state index in [0.29, 0.717) is 27.8 Å². The van der Waals surface area contributed by atoms with E-state index in [1.165, 1.54) is 0 Å². The summed E-state index contributed by atoms with van der Waals surface area (Å²) in [6.45, 7) is -0.170. The van der Waals surface area contributed by atoms with E-state index in [4.69, 9.17) is 21.1 Å². The van der Waals surface area contributed by atoms with Crippen molar-refractivity contribution in [2.75, 3.05) is 5.32 Å². The van der Waals surface area contributed by atoms with Crippen molar-refractivity contribution in [1.29, 1.82) is 0 Å². The number of hydrogen-bond acceptors (Lipinski definition) is 3. The lowest BCUT2D eigenvalue weighted by atomic mass is 10.0. The third-order valence-corrected chi connectivity index (χ3v) is 4.90. The minimum atomic E-state index is -0.251. The van der Waals surface area contributed by atoms with Crippen LogP contribution in [0, 0.1) is 0 Å². The number of anilines is 1. The van der Waals surface area contributed by atoms with Gasteiger partial charge in [0.25, 0.3) is 5.91 Å². The van der Waals surface area contributed by atoms with Gasteiger partial charge < -0.3 is 14.8 Å². The van der Waals surface area contributed by atoms with E-state index in [2.05, 4.69) is 5.32 Å². The van der Waals surface area contributed by atoms with Crippen LogP contribution in [0.4, 0.5) is 5.69 Å². The third kappa shape index (κ3) is 4.24. The van der Waals surface area contributed by atoms with Crippen molar-refractivity contribution in [3.05, 3.63) is 101 Å². The monoisotopic (exact) mass is 403 g/mol. The largest absolute Gasteiger partial charge is 0.459 e. The first kappa shape index (κ1) is 19.0. The Bertz CT molecular complexity index is 1130. The van der Waals surface area contributed by atoms with Crippen LogP contribution in [0.5, 0.6) is 0 Å². The molecule has 0 aliphatic rings. The molecule has 1 amide bonds. The standard InChI is InChI=1S/C24H18ClNO3/c25-21-12-10-19(23-13-11-20(15-27)29-23)14-22(21)26-24(28)18-8-6-17(7-9-18)16-4-2-1-3-5-16/h1-14,27H,15H2,(H,26,28). The van der Waals surface area contributed by atoms with Crippen LogP contribution in [0.15, 0.2) is 89.3 Å². The maximum Gasteiger partial charge on any atom is 0.255 e. The number of aliphatic hydroxyl groups excluding tert-OH is 1. The Morgan fingerprint density at radius 1 is 0.862 bits per heavy atom. The Kier molecular flexibility index (Phi) is 5.47. The topological polar surface area (TPSA) is 62.5 Å². The highest BCUT2D eigenvalue weighted by Gasteiger charge is 2.12. The Balaban J connectivity index is 1.54. The summed E-state index contributed by atoms with van der Waals surface area (Å²) < 4.78 is 5.55. The number of nitrogens with one attached hydrogen (secondary N) is 1. The molecule has 0 saturated heterocycles. The minimum Gasteiger partial charge on any atom is -0.459 e. The van der Waals surface area contributed by atoms with E-state index in [0.717, 1.165) is 16.7 Å². The summed E-state index contributed by atoms with van der Waals surface area (Å²) in [4.78, 5) is 12.7. The second-order valence-corrected chi connectivity index (χ2v) is 6.92. The number of halogens is 1. The SMILES string of the molecule is O=C(Nc1cc(-c2ccc(CO)o2)ccc1Cl)c1ccc(-c2ccccc2)cc1. The molecular weight excluding hydrogens is 386 g/mol. The number of carbonyl (C=O) groups excluding carboxylic acids is 1. The summed E-state index contributed by atoms with van der Waals surface area (Å²) in [5.74, 6) is 0.812. The van der Waals surface area contributed by atoms with Gasteiger partial charge in [0.05, 0.1) is 10.7 Å². The van der Waals surface area contributed by atoms with Crippen molar-refractivity contribution in [3.8, 4) is 22.5 Å². The molecule has 3 aromatic carbocycles. The molecular formula is C24H18ClNO3. The van der Waals surface area contributed by atoms with Crippen LogP contribution in [0.25, 0.3) is 22.5 Å². The predicted molar refractivity (Wildman–Crippen MR) is 115 cm³/mol. The number of furan rings is 1. The Morgan fingerprint density at radius 2 is 1.55 bits per heavy atom. The number of carbonyl (C=O) groups is 1. The molecule has 1 heterocycles. The Morgan fingerprint density at radius 3 is 2.24 bits per heavy atom. The first-order chi connectivity index (χ1) is 14.1. The summed E-state index contributed by atoms with van der Waals surface area (Å²) in [6.07, 6.45) is 0. The molecule has 0 atom stereocenters. The molecule has 0 spiro atoms. The van der Waals surface area contributed by atoms with E-state index < -0.39 is 0 Å². The highest BCUT2D eigenvalue weighted by atomic mass is 35.5. The number of benzene rings is 3. The molecule has 4 aromatic rings. The van der Waals surface area contributed by atoms with Crippen molar-refractivity contribution in [1.82, 2.24) is 0 Å². The van der Waals surface area contributed by atoms with E-state index in [1.807, 2.05) is 42.5 Å². The van der Waals surface area contributed by atoms with Gasteiger partial charge in [0, 0.05) is 11.1 Å². The molecule has 4 nitrogen and oxygen atoms in total. The van der Waals surface area contributed by atoms with Gasteiger partial charge in [-0.2, -0.15) is 0 Å². The molecule has 0 unspecified atom stereocenters. The molecule has 29 heavy (non-hydrogen) atoms. The third-order valence-electron chi connectivity index (χ3n) is 4.57. The smallest absolute Gasteiger partial charge is 0.255 e. The highest BCUT2D eigenvalue weighted by molar-refractivity contribution is 6.34. The van der Waals surface area contributed by atoms with Gasteiger partial charge in [0.15, 0.2) is 0 Å². The van der Waals surface area contributed by atoms with Crippen molar-refractivity contribution in [2.24, 2.45) is 0 Å². The van der Waals surface area contributed by atoms with Crippen LogP contribution in [0.1, 0.15) is 16.1 Å². The van der Waals surface area contributed by atoms with E-state index in [1.54, 1.807) is 42.5 Å². The zero-order valence-corrected chi connectivity index (χ0v) is 16.2. The quantitative estimate of drug-likeness (QED) is 0.428. The number of rotatable bonds is 5. The summed E-state index contributed by atoms with van der Waals surface area (Å²) in [7, 11) is 0. The van der Waals surface area contributed by atoms with Gasteiger partial charge in [-0.05, 0) is 53.6 Å². The molecule has 0 saturated carbocycles. The molecule has 0 radical (unpaired) electrons. The fourth-order valence-corrected chi connectivity index (χ4v) is 3.20. The van der Waals surface area contributed by atoms with E-state index in [-0.39, 0.29) is 12.5 Å². The lowest BCUT2D eigenvalue weighted by molar-refractivity contribution is 0.102. The van der Waals surface area contributed by atoms with Gasteiger partial charge in [-0.1, -0.05) is 54.1 Å². The molecule has 5 heteroatoms. The van der Waals surface area contributed by atoms with Gasteiger partial charge in [-0.3, -0.25) is 4.79 Å². The van der Waals surface area contributed by atoms with Crippen molar-refractivity contribution in [3.63, 3.8) is 0 Å². The number of aliphatic hydroxyl groups is 1. The zero-order chi connectivity index (χ0) is 20.2. The molecule has 0 bridgehead atoms. The van der Waals surface area contributed by atoms with Gasteiger partial charge >= 0.3 is 0 Å². The van der Waals surface area contributed by atoms with Crippen LogP contribution in [-0.2, 0) is 6.61 Å². The van der Waals surface area contributed by atoms with Crippen LogP contribution >= 0.6 is 11.6 Å². The lowest BCUT2D eigenvalue weighted by Gasteiger charge is -2.10. The minimum absolute atomic E-state index is 0.170. The molecule has 0 fully saturated rings. The van der Waals surface area contributed by atoms with Crippen molar-refractivity contribution < 1.29 is 14.3 Å². The van der Waals surface area contributed by atoms with Crippen molar-refractivity contribution >= 4 is 23.2 Å². The zero-order valence-electron chi connectivity index (χ0n) is 15.4. The normalized spacial score (nSPS) is 10.7. The summed E-state index contributed by atoms with van der Waals surface area (Å²) in [5.41, 5.74) is 3.91. The fraction of sp³-hybridized carbons (Fsp3) is 0.0417. The molecule has 2 N–H and O–H groups in total. The van der Waals surface area contributed by atoms with Crippen molar-refractivity contribution in [2.45, 2.75) is 6.61 Å². The summed E-state index contributed by atoms with van der Waals surface area (Å²) >= 11 is 6.27. The Labute approximate surface area is 173 Å². The van der Waals surface area contributed by atoms with E-state index in [9.17, 15) is 4.79 Å². The average molecular weight is 404 g/mol. The van der Waals surface area contributed by atoms with Gasteiger partial charge in [-0.25, -0.2) is 0 Å². The Hall–Kier alpha value is -3.34. The molecule has 1 aromatic heterocycles. The highest BCUT2D eigenvalue weighted by Crippen LogP contribution is 2.30. The van der Waals surface area contributed by atoms with Crippen LogP contribution < -0.4 is 5.32 Å². The first-order valence-electron chi connectivity index (χ1n) is 9.10. The van der Waals surface area contributed by atoms with Gasteiger partial charge in [0.1, 0.15) is 18.1 Å². The summed E-state index contributed by atoms with van der Waals surface area (Å²) in [6, 6.07) is 26.1. The van der Waals surface area contributed by atoms with E-state index >= 15 is 0 Å². The molecule has 4 rings (SSSR count). The number of hydrogen-bond donors (Lipinski definition) is 2. The predicted octanol–water partition coefficient (Wildman–Crippen LogP) is 6.01. The average Bonchev–Trinajstić information content (AvgIpc) is 3.25. The van der Waals surface area contributed by atoms with Crippen LogP contribution in [0.2, 0.25) is 5.02 Å². The fourth-order valence-electron chi connectivity index (χ4n) is 3.03. The lowest BCUT2D eigenvalue weighted by Crippen LogP contribution is -2.12. The van der Waals surface area contributed by atoms with Crippen LogP contribution in [0.3, 0.4) is 0 Å². The second kappa shape index (κ2) is 8.35.